The van der Waals surface area contributed by atoms with Gasteiger partial charge >= 0.3 is 0 Å². The first-order valence-corrected chi connectivity index (χ1v) is 7.73. The van der Waals surface area contributed by atoms with Crippen LogP contribution in [0.1, 0.15) is 12.5 Å². The minimum atomic E-state index is -0.327. The molecule has 5 nitrogen and oxygen atoms in total. The van der Waals surface area contributed by atoms with Crippen LogP contribution < -0.4 is 10.1 Å². The van der Waals surface area contributed by atoms with E-state index in [4.69, 9.17) is 4.74 Å². The van der Waals surface area contributed by atoms with Gasteiger partial charge in [0.2, 0.25) is 0 Å². The van der Waals surface area contributed by atoms with E-state index in [1.54, 1.807) is 26.2 Å². The monoisotopic (exact) mass is 322 g/mol. The number of ether oxygens (including phenoxy) is 1. The Balaban J connectivity index is 2.14. The van der Waals surface area contributed by atoms with Gasteiger partial charge in [0.25, 0.3) is 11.8 Å². The fourth-order valence-corrected chi connectivity index (χ4v) is 2.75. The van der Waals surface area contributed by atoms with Crippen LogP contribution in [0.5, 0.6) is 5.75 Å². The molecule has 2 aromatic rings. The lowest BCUT2D eigenvalue weighted by atomic mass is 10.0. The molecule has 1 aliphatic heterocycles. The number of amides is 2. The number of anilines is 1. The third-order valence-electron chi connectivity index (χ3n) is 3.90. The van der Waals surface area contributed by atoms with E-state index in [-0.39, 0.29) is 17.5 Å². The maximum Gasteiger partial charge on any atom is 0.278 e. The number of carbonyl (C=O) groups excluding carboxylic acids is 2. The van der Waals surface area contributed by atoms with E-state index in [0.717, 1.165) is 5.69 Å². The Morgan fingerprint density at radius 3 is 2.29 bits per heavy atom. The second-order valence-corrected chi connectivity index (χ2v) is 5.30. The Hall–Kier alpha value is -3.08. The maximum absolute atomic E-state index is 12.8. The lowest BCUT2D eigenvalue weighted by Crippen LogP contribution is -2.32. The minimum absolute atomic E-state index is 0.276. The molecule has 1 N–H and O–H groups in total. The van der Waals surface area contributed by atoms with Crippen molar-refractivity contribution in [3.05, 3.63) is 65.9 Å². The highest BCUT2D eigenvalue weighted by Crippen LogP contribution is 2.34. The molecule has 0 fully saturated rings. The first kappa shape index (κ1) is 15.8. The highest BCUT2D eigenvalue weighted by molar-refractivity contribution is 6.37. The molecule has 0 saturated heterocycles. The lowest BCUT2D eigenvalue weighted by molar-refractivity contribution is -0.136. The van der Waals surface area contributed by atoms with Crippen molar-refractivity contribution in [1.29, 1.82) is 0 Å². The van der Waals surface area contributed by atoms with Crippen LogP contribution in [0, 0.1) is 0 Å². The van der Waals surface area contributed by atoms with Gasteiger partial charge in [0, 0.05) is 17.8 Å². The fourth-order valence-electron chi connectivity index (χ4n) is 2.75. The Morgan fingerprint density at radius 1 is 0.958 bits per heavy atom. The molecule has 0 radical (unpaired) electrons. The summed E-state index contributed by atoms with van der Waals surface area (Å²) in [7, 11) is 1.54. The van der Waals surface area contributed by atoms with Crippen LogP contribution in [0.4, 0.5) is 5.69 Å². The third kappa shape index (κ3) is 2.65. The molecular formula is C19H18N2O3. The van der Waals surface area contributed by atoms with E-state index >= 15 is 0 Å². The van der Waals surface area contributed by atoms with Crippen LogP contribution in [0.3, 0.4) is 0 Å². The van der Waals surface area contributed by atoms with Gasteiger partial charge in [-0.2, -0.15) is 0 Å². The van der Waals surface area contributed by atoms with Gasteiger partial charge in [0.05, 0.1) is 12.7 Å². The first-order chi connectivity index (χ1) is 11.7. The highest BCUT2D eigenvalue weighted by Gasteiger charge is 2.39. The summed E-state index contributed by atoms with van der Waals surface area (Å²) in [6.07, 6.45) is 0. The second kappa shape index (κ2) is 6.58. The Labute approximate surface area is 140 Å². The van der Waals surface area contributed by atoms with E-state index in [1.165, 1.54) is 4.90 Å². The molecule has 2 amide bonds. The van der Waals surface area contributed by atoms with E-state index < -0.39 is 0 Å². The number of nitrogens with one attached hydrogen (secondary N) is 1. The van der Waals surface area contributed by atoms with Gasteiger partial charge in [-0.15, -0.1) is 0 Å². The second-order valence-electron chi connectivity index (χ2n) is 5.30. The van der Waals surface area contributed by atoms with Crippen LogP contribution in [0.2, 0.25) is 0 Å². The molecule has 1 aliphatic rings. The number of imide groups is 1. The van der Waals surface area contributed by atoms with Crippen LogP contribution in [-0.4, -0.2) is 30.4 Å². The predicted molar refractivity (Wildman–Crippen MR) is 92.4 cm³/mol. The van der Waals surface area contributed by atoms with E-state index in [0.29, 0.717) is 23.4 Å². The normalized spacial score (nSPS) is 14.3. The quantitative estimate of drug-likeness (QED) is 0.860. The molecule has 0 aromatic heterocycles. The number of likely N-dealkylation sites (N-methyl/N-ethyl adjacent to an activating group) is 1. The predicted octanol–water partition coefficient (Wildman–Crippen LogP) is 2.91. The first-order valence-electron chi connectivity index (χ1n) is 7.73. The standard InChI is InChI=1S/C19H18N2O3/c1-3-21-18(22)16(14-11-7-8-12-15(14)24-2)17(19(21)23)20-13-9-5-4-6-10-13/h4-12,20H,3H2,1-2H3. The molecule has 3 rings (SSSR count). The van der Waals surface area contributed by atoms with E-state index in [2.05, 4.69) is 5.32 Å². The maximum atomic E-state index is 12.8. The van der Waals surface area contributed by atoms with Crippen molar-refractivity contribution < 1.29 is 14.3 Å². The molecule has 24 heavy (non-hydrogen) atoms. The summed E-state index contributed by atoms with van der Waals surface area (Å²) >= 11 is 0. The number of hydrogen-bond acceptors (Lipinski definition) is 4. The molecular weight excluding hydrogens is 304 g/mol. The summed E-state index contributed by atoms with van der Waals surface area (Å²) in [4.78, 5) is 26.7. The zero-order valence-corrected chi connectivity index (χ0v) is 13.6. The molecule has 0 bridgehead atoms. The van der Waals surface area contributed by atoms with Gasteiger partial charge < -0.3 is 10.1 Å². The number of hydrogen-bond donors (Lipinski definition) is 1. The molecule has 0 aliphatic carbocycles. The van der Waals surface area contributed by atoms with E-state index in [9.17, 15) is 9.59 Å². The minimum Gasteiger partial charge on any atom is -0.496 e. The fraction of sp³-hybridized carbons (Fsp3) is 0.158. The number of rotatable bonds is 5. The summed E-state index contributed by atoms with van der Waals surface area (Å²) in [6, 6.07) is 16.5. The van der Waals surface area contributed by atoms with Gasteiger partial charge in [-0.1, -0.05) is 36.4 Å². The van der Waals surface area contributed by atoms with Gasteiger partial charge in [-0.3, -0.25) is 14.5 Å². The van der Waals surface area contributed by atoms with Gasteiger partial charge in [-0.05, 0) is 25.1 Å². The van der Waals surface area contributed by atoms with E-state index in [1.807, 2.05) is 42.5 Å². The highest BCUT2D eigenvalue weighted by atomic mass is 16.5. The largest absolute Gasteiger partial charge is 0.496 e. The molecule has 0 spiro atoms. The third-order valence-corrected chi connectivity index (χ3v) is 3.90. The van der Waals surface area contributed by atoms with Crippen LogP contribution >= 0.6 is 0 Å². The number of methoxy groups -OCH3 is 1. The molecule has 122 valence electrons. The summed E-state index contributed by atoms with van der Waals surface area (Å²) in [5.74, 6) is -0.0864. The zero-order chi connectivity index (χ0) is 17.1. The van der Waals surface area contributed by atoms with Crippen molar-refractivity contribution in [2.24, 2.45) is 0 Å². The molecule has 5 heteroatoms. The summed E-state index contributed by atoms with van der Waals surface area (Å²) in [5, 5.41) is 3.10. The number of para-hydroxylation sites is 2. The topological polar surface area (TPSA) is 58.6 Å². The van der Waals surface area contributed by atoms with Crippen molar-refractivity contribution in [2.75, 3.05) is 19.0 Å². The van der Waals surface area contributed by atoms with Crippen molar-refractivity contribution in [3.63, 3.8) is 0 Å². The molecule has 0 atom stereocenters. The summed E-state index contributed by atoms with van der Waals surface area (Å²) < 4.78 is 5.36. The van der Waals surface area contributed by atoms with Gasteiger partial charge in [-0.25, -0.2) is 0 Å². The molecule has 0 unspecified atom stereocenters. The molecule has 2 aromatic carbocycles. The lowest BCUT2D eigenvalue weighted by Gasteiger charge is -2.12. The van der Waals surface area contributed by atoms with Crippen molar-refractivity contribution in [3.8, 4) is 5.75 Å². The molecule has 0 saturated carbocycles. The Kier molecular flexibility index (Phi) is 4.33. The summed E-state index contributed by atoms with van der Waals surface area (Å²) in [5.41, 5.74) is 1.97. The van der Waals surface area contributed by atoms with Crippen LogP contribution in [0.15, 0.2) is 60.3 Å². The number of nitrogens with zero attached hydrogens (tertiary/aromatic N) is 1. The number of carbonyl (C=O) groups is 2. The zero-order valence-electron chi connectivity index (χ0n) is 13.6. The number of benzene rings is 2. The van der Waals surface area contributed by atoms with Crippen molar-refractivity contribution in [2.45, 2.75) is 6.92 Å². The summed E-state index contributed by atoms with van der Waals surface area (Å²) in [6.45, 7) is 2.09. The average Bonchev–Trinajstić information content (AvgIpc) is 2.85. The van der Waals surface area contributed by atoms with Crippen molar-refractivity contribution >= 4 is 23.1 Å². The smallest absolute Gasteiger partial charge is 0.278 e. The van der Waals surface area contributed by atoms with Crippen LogP contribution in [-0.2, 0) is 9.59 Å². The molecule has 1 heterocycles. The Bertz CT molecular complexity index is 812. The average molecular weight is 322 g/mol. The SMILES string of the molecule is CCN1C(=O)C(Nc2ccccc2)=C(c2ccccc2OC)C1=O. The van der Waals surface area contributed by atoms with Gasteiger partial charge in [0.1, 0.15) is 11.4 Å². The Morgan fingerprint density at radius 2 is 1.62 bits per heavy atom. The van der Waals surface area contributed by atoms with Crippen molar-refractivity contribution in [1.82, 2.24) is 4.90 Å². The van der Waals surface area contributed by atoms with Crippen LogP contribution in [0.25, 0.3) is 5.57 Å². The van der Waals surface area contributed by atoms with Gasteiger partial charge in [0.15, 0.2) is 0 Å².